The first-order valence-electron chi connectivity index (χ1n) is 8.53. The SMILES string of the molecule is CCNC(=NCc1cc(Br)ccc1F)NCC1(CCOC)CCC1.I. The molecule has 0 aliphatic heterocycles. The highest BCUT2D eigenvalue weighted by Crippen LogP contribution is 2.43. The zero-order valence-electron chi connectivity index (χ0n) is 14.9. The zero-order valence-corrected chi connectivity index (χ0v) is 18.8. The van der Waals surface area contributed by atoms with Crippen molar-refractivity contribution < 1.29 is 9.13 Å². The van der Waals surface area contributed by atoms with Crippen LogP contribution in [-0.2, 0) is 11.3 Å². The Balaban J connectivity index is 0.00000312. The molecule has 0 saturated heterocycles. The van der Waals surface area contributed by atoms with Gasteiger partial charge >= 0.3 is 0 Å². The summed E-state index contributed by atoms with van der Waals surface area (Å²) in [6, 6.07) is 4.93. The van der Waals surface area contributed by atoms with Crippen LogP contribution in [0.5, 0.6) is 0 Å². The second kappa shape index (κ2) is 11.3. The Morgan fingerprint density at radius 3 is 2.72 bits per heavy atom. The van der Waals surface area contributed by atoms with E-state index >= 15 is 0 Å². The molecule has 4 nitrogen and oxygen atoms in total. The minimum atomic E-state index is -0.228. The van der Waals surface area contributed by atoms with Gasteiger partial charge in [-0.05, 0) is 49.8 Å². The zero-order chi connectivity index (χ0) is 17.4. The van der Waals surface area contributed by atoms with Gasteiger partial charge in [0.15, 0.2) is 5.96 Å². The Morgan fingerprint density at radius 1 is 1.36 bits per heavy atom. The predicted octanol–water partition coefficient (Wildman–Crippen LogP) is 4.47. The van der Waals surface area contributed by atoms with Gasteiger partial charge in [0.05, 0.1) is 6.54 Å². The van der Waals surface area contributed by atoms with Crippen LogP contribution in [-0.4, -0.2) is 32.8 Å². The molecule has 1 aromatic rings. The summed E-state index contributed by atoms with van der Waals surface area (Å²) in [7, 11) is 1.75. The van der Waals surface area contributed by atoms with Crippen molar-refractivity contribution >= 4 is 45.9 Å². The Hall–Kier alpha value is -0.410. The quantitative estimate of drug-likeness (QED) is 0.298. The van der Waals surface area contributed by atoms with Gasteiger partial charge in [0.25, 0.3) is 0 Å². The average molecular weight is 528 g/mol. The molecule has 7 heteroatoms. The number of hydrogen-bond donors (Lipinski definition) is 2. The van der Waals surface area contributed by atoms with Crippen molar-refractivity contribution in [3.8, 4) is 0 Å². The molecule has 1 aliphatic rings. The second-order valence-corrected chi connectivity index (χ2v) is 7.30. The molecule has 0 heterocycles. The maximum absolute atomic E-state index is 13.8. The summed E-state index contributed by atoms with van der Waals surface area (Å²) < 4.78 is 19.9. The van der Waals surface area contributed by atoms with Crippen molar-refractivity contribution in [3.63, 3.8) is 0 Å². The van der Waals surface area contributed by atoms with Gasteiger partial charge in [-0.2, -0.15) is 0 Å². The predicted molar refractivity (Wildman–Crippen MR) is 115 cm³/mol. The van der Waals surface area contributed by atoms with Crippen LogP contribution < -0.4 is 10.6 Å². The minimum Gasteiger partial charge on any atom is -0.385 e. The summed E-state index contributed by atoms with van der Waals surface area (Å²) in [4.78, 5) is 4.53. The molecule has 0 aromatic heterocycles. The maximum Gasteiger partial charge on any atom is 0.191 e. The van der Waals surface area contributed by atoms with Crippen molar-refractivity contribution in [1.82, 2.24) is 10.6 Å². The van der Waals surface area contributed by atoms with Crippen molar-refractivity contribution in [2.75, 3.05) is 26.8 Å². The van der Waals surface area contributed by atoms with Crippen LogP contribution in [0, 0.1) is 11.2 Å². The van der Waals surface area contributed by atoms with Crippen molar-refractivity contribution in [3.05, 3.63) is 34.1 Å². The molecule has 0 amide bonds. The van der Waals surface area contributed by atoms with Gasteiger partial charge in [0, 0.05) is 36.8 Å². The highest BCUT2D eigenvalue weighted by atomic mass is 127. The number of nitrogens with one attached hydrogen (secondary N) is 2. The lowest BCUT2D eigenvalue weighted by Gasteiger charge is -2.42. The Labute approximate surface area is 175 Å². The fraction of sp³-hybridized carbons (Fsp3) is 0.611. The van der Waals surface area contributed by atoms with E-state index in [1.807, 2.05) is 6.92 Å². The number of halogens is 3. The Kier molecular flexibility index (Phi) is 10.3. The van der Waals surface area contributed by atoms with Gasteiger partial charge in [0.1, 0.15) is 5.82 Å². The van der Waals surface area contributed by atoms with E-state index in [-0.39, 0.29) is 29.8 Å². The smallest absolute Gasteiger partial charge is 0.191 e. The molecular weight excluding hydrogens is 500 g/mol. The lowest BCUT2D eigenvalue weighted by atomic mass is 9.67. The molecule has 0 unspecified atom stereocenters. The lowest BCUT2D eigenvalue weighted by Crippen LogP contribution is -2.47. The van der Waals surface area contributed by atoms with E-state index in [4.69, 9.17) is 4.74 Å². The van der Waals surface area contributed by atoms with E-state index in [1.54, 1.807) is 19.2 Å². The number of rotatable bonds is 8. The molecule has 0 atom stereocenters. The van der Waals surface area contributed by atoms with Gasteiger partial charge in [0.2, 0.25) is 0 Å². The van der Waals surface area contributed by atoms with Crippen LogP contribution in [0.4, 0.5) is 4.39 Å². The first-order chi connectivity index (χ1) is 11.6. The normalized spacial score (nSPS) is 15.9. The highest BCUT2D eigenvalue weighted by Gasteiger charge is 2.36. The van der Waals surface area contributed by atoms with Gasteiger partial charge in [-0.25, -0.2) is 9.38 Å². The molecule has 25 heavy (non-hydrogen) atoms. The van der Waals surface area contributed by atoms with Crippen LogP contribution in [0.15, 0.2) is 27.7 Å². The van der Waals surface area contributed by atoms with E-state index in [2.05, 4.69) is 31.6 Å². The number of guanidine groups is 1. The molecule has 1 fully saturated rings. The van der Waals surface area contributed by atoms with Gasteiger partial charge in [-0.3, -0.25) is 0 Å². The highest BCUT2D eigenvalue weighted by molar-refractivity contribution is 14.0. The third kappa shape index (κ3) is 7.02. The first-order valence-corrected chi connectivity index (χ1v) is 9.33. The third-order valence-corrected chi connectivity index (χ3v) is 5.13. The largest absolute Gasteiger partial charge is 0.385 e. The molecule has 2 N–H and O–H groups in total. The molecule has 1 aliphatic carbocycles. The first kappa shape index (κ1) is 22.6. The number of aliphatic imine (C=N–C) groups is 1. The number of ether oxygens (including phenoxy) is 1. The summed E-state index contributed by atoms with van der Waals surface area (Å²) in [5, 5.41) is 6.66. The molecule has 142 valence electrons. The molecule has 0 radical (unpaired) electrons. The second-order valence-electron chi connectivity index (χ2n) is 6.38. The van der Waals surface area contributed by atoms with E-state index in [0.29, 0.717) is 17.5 Å². The minimum absolute atomic E-state index is 0. The summed E-state index contributed by atoms with van der Waals surface area (Å²) in [5.41, 5.74) is 0.895. The third-order valence-electron chi connectivity index (χ3n) is 4.64. The molecule has 0 spiro atoms. The van der Waals surface area contributed by atoms with E-state index in [9.17, 15) is 4.39 Å². The number of methoxy groups -OCH3 is 1. The van der Waals surface area contributed by atoms with E-state index in [0.717, 1.165) is 36.5 Å². The van der Waals surface area contributed by atoms with Crippen LogP contribution in [0.3, 0.4) is 0 Å². The number of benzene rings is 1. The molecule has 1 aromatic carbocycles. The van der Waals surface area contributed by atoms with Crippen LogP contribution in [0.2, 0.25) is 0 Å². The summed E-state index contributed by atoms with van der Waals surface area (Å²) in [6.07, 6.45) is 4.80. The lowest BCUT2D eigenvalue weighted by molar-refractivity contribution is 0.0732. The van der Waals surface area contributed by atoms with Gasteiger partial charge in [-0.1, -0.05) is 22.4 Å². The summed E-state index contributed by atoms with van der Waals surface area (Å²) in [5.74, 6) is 0.508. The average Bonchev–Trinajstić information content (AvgIpc) is 2.54. The molecule has 0 bridgehead atoms. The van der Waals surface area contributed by atoms with Crippen LogP contribution >= 0.6 is 39.9 Å². The molecule has 2 rings (SSSR count). The van der Waals surface area contributed by atoms with E-state index in [1.165, 1.54) is 25.3 Å². The number of hydrogen-bond acceptors (Lipinski definition) is 2. The van der Waals surface area contributed by atoms with Gasteiger partial charge in [-0.15, -0.1) is 24.0 Å². The topological polar surface area (TPSA) is 45.7 Å². The van der Waals surface area contributed by atoms with Crippen molar-refractivity contribution in [2.45, 2.75) is 39.2 Å². The standard InChI is InChI=1S/C18H27BrFN3O.HI/c1-3-21-17(22-12-14-11-15(19)5-6-16(14)20)23-13-18(7-4-8-18)9-10-24-2;/h5-6,11H,3-4,7-10,12-13H2,1-2H3,(H2,21,22,23);1H. The Bertz CT molecular complexity index is 567. The number of nitrogens with zero attached hydrogens (tertiary/aromatic N) is 1. The maximum atomic E-state index is 13.8. The van der Waals surface area contributed by atoms with Crippen LogP contribution in [0.1, 0.15) is 38.2 Å². The fourth-order valence-electron chi connectivity index (χ4n) is 2.95. The van der Waals surface area contributed by atoms with Gasteiger partial charge < -0.3 is 15.4 Å². The van der Waals surface area contributed by atoms with E-state index < -0.39 is 0 Å². The monoisotopic (exact) mass is 527 g/mol. The molecule has 1 saturated carbocycles. The Morgan fingerprint density at radius 2 is 2.12 bits per heavy atom. The summed E-state index contributed by atoms with van der Waals surface area (Å²) in [6.45, 7) is 4.78. The van der Waals surface area contributed by atoms with Crippen molar-refractivity contribution in [1.29, 1.82) is 0 Å². The fourth-order valence-corrected chi connectivity index (χ4v) is 3.36. The summed E-state index contributed by atoms with van der Waals surface area (Å²) >= 11 is 3.37. The van der Waals surface area contributed by atoms with Crippen LogP contribution in [0.25, 0.3) is 0 Å². The van der Waals surface area contributed by atoms with Crippen molar-refractivity contribution in [2.24, 2.45) is 10.4 Å². The molecular formula is C18H28BrFIN3O.